The van der Waals surface area contributed by atoms with Gasteiger partial charge in [0.15, 0.2) is 0 Å². The van der Waals surface area contributed by atoms with Gasteiger partial charge in [-0.3, -0.25) is 9.78 Å². The van der Waals surface area contributed by atoms with E-state index in [4.69, 9.17) is 0 Å². The molecule has 0 saturated carbocycles. The van der Waals surface area contributed by atoms with Gasteiger partial charge in [0.25, 0.3) is 0 Å². The molecule has 1 atom stereocenters. The van der Waals surface area contributed by atoms with Crippen molar-refractivity contribution in [3.8, 4) is 0 Å². The number of amides is 1. The number of nitrogens with zero attached hydrogens (tertiary/aromatic N) is 2. The second kappa shape index (κ2) is 10.1. The summed E-state index contributed by atoms with van der Waals surface area (Å²) in [5, 5.41) is 3.23. The molecule has 4 nitrogen and oxygen atoms in total. The van der Waals surface area contributed by atoms with Crippen LogP contribution in [-0.2, 0) is 17.6 Å². The van der Waals surface area contributed by atoms with Crippen LogP contribution in [0.25, 0.3) is 0 Å². The minimum atomic E-state index is 0.165. The Morgan fingerprint density at radius 1 is 1.08 bits per heavy atom. The van der Waals surface area contributed by atoms with E-state index in [-0.39, 0.29) is 5.91 Å². The van der Waals surface area contributed by atoms with Gasteiger partial charge in [0, 0.05) is 31.4 Å². The van der Waals surface area contributed by atoms with Crippen molar-refractivity contribution < 1.29 is 4.79 Å². The molecule has 1 N–H and O–H groups in total. The fraction of sp³-hybridized carbons (Fsp3) is 0.455. The Hall–Kier alpha value is -2.20. The zero-order valence-electron chi connectivity index (χ0n) is 15.4. The number of pyridine rings is 1. The van der Waals surface area contributed by atoms with Crippen molar-refractivity contribution in [2.75, 3.05) is 19.6 Å². The molecule has 1 aliphatic heterocycles. The van der Waals surface area contributed by atoms with Crippen molar-refractivity contribution in [3.63, 3.8) is 0 Å². The molecule has 1 saturated heterocycles. The average molecular weight is 351 g/mol. The third-order valence-electron chi connectivity index (χ3n) is 5.04. The van der Waals surface area contributed by atoms with Gasteiger partial charge in [0.1, 0.15) is 0 Å². The Balaban J connectivity index is 1.35. The van der Waals surface area contributed by atoms with Crippen LogP contribution >= 0.6 is 0 Å². The van der Waals surface area contributed by atoms with E-state index in [1.807, 2.05) is 12.1 Å². The highest BCUT2D eigenvalue weighted by molar-refractivity contribution is 5.76. The van der Waals surface area contributed by atoms with Gasteiger partial charge < -0.3 is 10.2 Å². The lowest BCUT2D eigenvalue weighted by molar-refractivity contribution is -0.122. The molecule has 4 heteroatoms. The van der Waals surface area contributed by atoms with Gasteiger partial charge >= 0.3 is 0 Å². The molecule has 3 rings (SSSR count). The van der Waals surface area contributed by atoms with Gasteiger partial charge in [-0.25, -0.2) is 0 Å². The van der Waals surface area contributed by atoms with Crippen molar-refractivity contribution in [2.45, 2.75) is 44.6 Å². The molecule has 2 aromatic rings. The highest BCUT2D eigenvalue weighted by Crippen LogP contribution is 2.12. The molecule has 0 bridgehead atoms. The largest absolute Gasteiger partial charge is 0.352 e. The molecule has 26 heavy (non-hydrogen) atoms. The van der Waals surface area contributed by atoms with Crippen LogP contribution in [0.4, 0.5) is 0 Å². The number of rotatable bonds is 8. The number of carbonyl (C=O) groups excluding carboxylic acids is 1. The van der Waals surface area contributed by atoms with Crippen LogP contribution < -0.4 is 5.32 Å². The van der Waals surface area contributed by atoms with E-state index in [1.54, 1.807) is 12.4 Å². The number of benzene rings is 1. The first kappa shape index (κ1) is 18.6. The highest BCUT2D eigenvalue weighted by Gasteiger charge is 2.20. The predicted molar refractivity (Wildman–Crippen MR) is 105 cm³/mol. The number of aryl methyl sites for hydroxylation is 2. The average Bonchev–Trinajstić information content (AvgIpc) is 2.68. The van der Waals surface area contributed by atoms with Gasteiger partial charge in [0.2, 0.25) is 5.91 Å². The lowest BCUT2D eigenvalue weighted by Crippen LogP contribution is -2.48. The Morgan fingerprint density at radius 2 is 1.85 bits per heavy atom. The van der Waals surface area contributed by atoms with E-state index >= 15 is 0 Å². The summed E-state index contributed by atoms with van der Waals surface area (Å²) in [5.41, 5.74) is 2.58. The summed E-state index contributed by atoms with van der Waals surface area (Å²) < 4.78 is 0. The maximum absolute atomic E-state index is 12.2. The van der Waals surface area contributed by atoms with E-state index in [1.165, 1.54) is 24.0 Å². The van der Waals surface area contributed by atoms with Crippen molar-refractivity contribution in [1.82, 2.24) is 15.2 Å². The minimum Gasteiger partial charge on any atom is -0.352 e. The van der Waals surface area contributed by atoms with Crippen molar-refractivity contribution >= 4 is 5.91 Å². The SMILES string of the molecule is O=C(CCc1ccncc1)N[C@@H]1CCCN(CCCc2ccccc2)C1. The van der Waals surface area contributed by atoms with E-state index in [0.717, 1.165) is 38.9 Å². The lowest BCUT2D eigenvalue weighted by atomic mass is 10.0. The molecular weight excluding hydrogens is 322 g/mol. The van der Waals surface area contributed by atoms with E-state index < -0.39 is 0 Å². The van der Waals surface area contributed by atoms with E-state index in [0.29, 0.717) is 12.5 Å². The van der Waals surface area contributed by atoms with Gasteiger partial charge in [-0.15, -0.1) is 0 Å². The fourth-order valence-electron chi connectivity index (χ4n) is 3.64. The van der Waals surface area contributed by atoms with Crippen LogP contribution in [0.15, 0.2) is 54.9 Å². The van der Waals surface area contributed by atoms with Crippen LogP contribution in [0.3, 0.4) is 0 Å². The highest BCUT2D eigenvalue weighted by atomic mass is 16.1. The maximum atomic E-state index is 12.2. The summed E-state index contributed by atoms with van der Waals surface area (Å²) >= 11 is 0. The maximum Gasteiger partial charge on any atom is 0.220 e. The molecule has 2 heterocycles. The molecule has 1 fully saturated rings. The van der Waals surface area contributed by atoms with Crippen LogP contribution in [0, 0.1) is 0 Å². The van der Waals surface area contributed by atoms with Crippen LogP contribution in [0.5, 0.6) is 0 Å². The molecule has 1 aliphatic rings. The van der Waals surface area contributed by atoms with Crippen LogP contribution in [-0.4, -0.2) is 41.5 Å². The Labute approximate surface area is 156 Å². The summed E-state index contributed by atoms with van der Waals surface area (Å²) in [6.45, 7) is 3.24. The van der Waals surface area contributed by atoms with Crippen molar-refractivity contribution in [3.05, 3.63) is 66.0 Å². The topological polar surface area (TPSA) is 45.2 Å². The van der Waals surface area contributed by atoms with Gasteiger partial charge in [0.05, 0.1) is 0 Å². The molecule has 138 valence electrons. The molecule has 1 aromatic heterocycles. The number of hydrogen-bond donors (Lipinski definition) is 1. The molecule has 0 aliphatic carbocycles. The van der Waals surface area contributed by atoms with Crippen molar-refractivity contribution in [1.29, 1.82) is 0 Å². The molecule has 0 unspecified atom stereocenters. The number of piperidine rings is 1. The third-order valence-corrected chi connectivity index (χ3v) is 5.04. The van der Waals surface area contributed by atoms with Gasteiger partial charge in [-0.2, -0.15) is 0 Å². The third kappa shape index (κ3) is 6.26. The van der Waals surface area contributed by atoms with Gasteiger partial charge in [-0.05, 0) is 68.5 Å². The number of nitrogens with one attached hydrogen (secondary N) is 1. The number of carbonyl (C=O) groups is 1. The van der Waals surface area contributed by atoms with E-state index in [2.05, 4.69) is 45.5 Å². The first-order valence-corrected chi connectivity index (χ1v) is 9.74. The van der Waals surface area contributed by atoms with Crippen LogP contribution in [0.2, 0.25) is 0 Å². The smallest absolute Gasteiger partial charge is 0.220 e. The van der Waals surface area contributed by atoms with Gasteiger partial charge in [-0.1, -0.05) is 30.3 Å². The monoisotopic (exact) mass is 351 g/mol. The predicted octanol–water partition coefficient (Wildman–Crippen LogP) is 3.23. The summed E-state index contributed by atoms with van der Waals surface area (Å²) in [5.74, 6) is 0.165. The van der Waals surface area contributed by atoms with Crippen molar-refractivity contribution in [2.24, 2.45) is 0 Å². The summed E-state index contributed by atoms with van der Waals surface area (Å²) in [6.07, 6.45) is 9.45. The standard InChI is InChI=1S/C22H29N3O/c26-22(11-10-20-12-14-23-15-13-20)24-21-9-5-17-25(18-21)16-4-8-19-6-2-1-3-7-19/h1-3,6-7,12-15,21H,4-5,8-11,16-18H2,(H,24,26)/t21-/m1/s1. The number of likely N-dealkylation sites (tertiary alicyclic amines) is 1. The summed E-state index contributed by atoms with van der Waals surface area (Å²) in [7, 11) is 0. The zero-order chi connectivity index (χ0) is 18.0. The molecule has 1 amide bonds. The number of hydrogen-bond acceptors (Lipinski definition) is 3. The second-order valence-corrected chi connectivity index (χ2v) is 7.15. The molecule has 1 aromatic carbocycles. The zero-order valence-corrected chi connectivity index (χ0v) is 15.4. The first-order valence-electron chi connectivity index (χ1n) is 9.74. The normalized spacial score (nSPS) is 17.8. The minimum absolute atomic E-state index is 0.165. The molecule has 0 radical (unpaired) electrons. The van der Waals surface area contributed by atoms with E-state index in [9.17, 15) is 4.79 Å². The Bertz CT molecular complexity index is 660. The molecule has 0 spiro atoms. The Morgan fingerprint density at radius 3 is 2.65 bits per heavy atom. The summed E-state index contributed by atoms with van der Waals surface area (Å²) in [4.78, 5) is 18.8. The lowest BCUT2D eigenvalue weighted by Gasteiger charge is -2.33. The number of aromatic nitrogens is 1. The molecular formula is C22H29N3O. The van der Waals surface area contributed by atoms with Crippen LogP contribution in [0.1, 0.15) is 36.8 Å². The second-order valence-electron chi connectivity index (χ2n) is 7.15. The quantitative estimate of drug-likeness (QED) is 0.794. The fourth-order valence-corrected chi connectivity index (χ4v) is 3.64. The summed E-state index contributed by atoms with van der Waals surface area (Å²) in [6, 6.07) is 14.9. The Kier molecular flexibility index (Phi) is 7.20. The first-order chi connectivity index (χ1) is 12.8.